The van der Waals surface area contributed by atoms with E-state index in [2.05, 4.69) is 15.5 Å². The van der Waals surface area contributed by atoms with Crippen molar-refractivity contribution in [2.45, 2.75) is 19.4 Å². The van der Waals surface area contributed by atoms with Crippen LogP contribution in [0.15, 0.2) is 6.07 Å². The van der Waals surface area contributed by atoms with Gasteiger partial charge in [-0.1, -0.05) is 0 Å². The van der Waals surface area contributed by atoms with Gasteiger partial charge in [-0.3, -0.25) is 9.89 Å². The van der Waals surface area contributed by atoms with E-state index in [1.807, 2.05) is 6.92 Å². The summed E-state index contributed by atoms with van der Waals surface area (Å²) in [5.74, 6) is -1.30. The number of ether oxygens (including phenoxy) is 1. The number of aromatic nitrogens is 2. The molecule has 1 fully saturated rings. The second-order valence-electron chi connectivity index (χ2n) is 4.04. The Labute approximate surface area is 97.2 Å². The number of hydrogen-bond donors (Lipinski definition) is 3. The van der Waals surface area contributed by atoms with Crippen molar-refractivity contribution in [2.24, 2.45) is 5.92 Å². The standard InChI is InChI=1S/C10H13N3O4/c1-5-2-6(4-17-5)9(14)11-8-3-7(10(15)16)12-13-8/h3,5-6H,2,4H2,1H3,(H,15,16)(H2,11,12,13,14). The number of nitrogens with one attached hydrogen (secondary N) is 2. The minimum Gasteiger partial charge on any atom is -0.477 e. The Kier molecular flexibility index (Phi) is 3.10. The summed E-state index contributed by atoms with van der Waals surface area (Å²) in [6.45, 7) is 2.30. The Balaban J connectivity index is 1.96. The van der Waals surface area contributed by atoms with Crippen LogP contribution < -0.4 is 5.32 Å². The molecule has 7 heteroatoms. The third kappa shape index (κ3) is 2.62. The molecule has 0 spiro atoms. The van der Waals surface area contributed by atoms with Gasteiger partial charge in [0.05, 0.1) is 18.6 Å². The number of anilines is 1. The van der Waals surface area contributed by atoms with E-state index < -0.39 is 5.97 Å². The Hall–Kier alpha value is -1.89. The zero-order valence-corrected chi connectivity index (χ0v) is 9.27. The summed E-state index contributed by atoms with van der Waals surface area (Å²) in [7, 11) is 0. The van der Waals surface area contributed by atoms with Crippen LogP contribution in [0.4, 0.5) is 5.82 Å². The van der Waals surface area contributed by atoms with Crippen LogP contribution in [0.1, 0.15) is 23.8 Å². The molecule has 1 saturated heterocycles. The van der Waals surface area contributed by atoms with Gasteiger partial charge in [-0.15, -0.1) is 0 Å². The molecule has 7 nitrogen and oxygen atoms in total. The number of aromatic carboxylic acids is 1. The van der Waals surface area contributed by atoms with Gasteiger partial charge < -0.3 is 15.2 Å². The number of carbonyl (C=O) groups excluding carboxylic acids is 1. The highest BCUT2D eigenvalue weighted by molar-refractivity contribution is 5.93. The SMILES string of the molecule is CC1CC(C(=O)Nc2cc(C(=O)O)[nH]n2)CO1. The molecule has 92 valence electrons. The molecule has 2 heterocycles. The summed E-state index contributed by atoms with van der Waals surface area (Å²) in [4.78, 5) is 22.3. The number of carboxylic acid groups (broad SMARTS) is 1. The first-order valence-electron chi connectivity index (χ1n) is 5.27. The molecule has 2 rings (SSSR count). The molecule has 1 aliphatic rings. The van der Waals surface area contributed by atoms with Gasteiger partial charge in [-0.2, -0.15) is 5.10 Å². The van der Waals surface area contributed by atoms with Crippen LogP contribution in [0, 0.1) is 5.92 Å². The van der Waals surface area contributed by atoms with E-state index in [4.69, 9.17) is 9.84 Å². The highest BCUT2D eigenvalue weighted by Gasteiger charge is 2.28. The van der Waals surface area contributed by atoms with Crippen molar-refractivity contribution in [1.29, 1.82) is 0 Å². The summed E-state index contributed by atoms with van der Waals surface area (Å²) in [6.07, 6.45) is 0.752. The molecular formula is C10H13N3O4. The number of H-pyrrole nitrogens is 1. The fourth-order valence-corrected chi connectivity index (χ4v) is 1.72. The Morgan fingerprint density at radius 3 is 2.94 bits per heavy atom. The predicted molar refractivity (Wildman–Crippen MR) is 57.7 cm³/mol. The van der Waals surface area contributed by atoms with Gasteiger partial charge in [0.1, 0.15) is 5.69 Å². The average Bonchev–Trinajstić information content (AvgIpc) is 2.86. The minimum absolute atomic E-state index is 0.0589. The molecule has 0 aliphatic carbocycles. The molecule has 2 unspecified atom stereocenters. The molecule has 0 saturated carbocycles. The number of hydrogen-bond acceptors (Lipinski definition) is 4. The van der Waals surface area contributed by atoms with E-state index in [1.54, 1.807) is 0 Å². The molecule has 1 aromatic heterocycles. The van der Waals surface area contributed by atoms with Crippen molar-refractivity contribution in [3.05, 3.63) is 11.8 Å². The lowest BCUT2D eigenvalue weighted by molar-refractivity contribution is -0.119. The molecular weight excluding hydrogens is 226 g/mol. The summed E-state index contributed by atoms with van der Waals surface area (Å²) in [5.41, 5.74) is -0.0589. The molecule has 17 heavy (non-hydrogen) atoms. The first-order chi connectivity index (χ1) is 8.06. The maximum atomic E-state index is 11.7. The van der Waals surface area contributed by atoms with Crippen LogP contribution in [-0.2, 0) is 9.53 Å². The van der Waals surface area contributed by atoms with Gasteiger partial charge in [-0.25, -0.2) is 4.79 Å². The number of aromatic amines is 1. The third-order valence-electron chi connectivity index (χ3n) is 2.63. The van der Waals surface area contributed by atoms with Crippen LogP contribution in [-0.4, -0.2) is 39.9 Å². The van der Waals surface area contributed by atoms with Gasteiger partial charge >= 0.3 is 5.97 Å². The summed E-state index contributed by atoms with van der Waals surface area (Å²) < 4.78 is 5.28. The van der Waals surface area contributed by atoms with Crippen molar-refractivity contribution >= 4 is 17.7 Å². The lowest BCUT2D eigenvalue weighted by atomic mass is 10.1. The van der Waals surface area contributed by atoms with Gasteiger partial charge in [0, 0.05) is 6.07 Å². The van der Waals surface area contributed by atoms with Gasteiger partial charge in [0.2, 0.25) is 5.91 Å². The van der Waals surface area contributed by atoms with Crippen molar-refractivity contribution in [3.63, 3.8) is 0 Å². The second-order valence-corrected chi connectivity index (χ2v) is 4.04. The minimum atomic E-state index is -1.11. The van der Waals surface area contributed by atoms with E-state index in [1.165, 1.54) is 6.07 Å². The number of carbonyl (C=O) groups is 2. The molecule has 3 N–H and O–H groups in total. The Bertz CT molecular complexity index is 443. The van der Waals surface area contributed by atoms with E-state index in [-0.39, 0.29) is 29.4 Å². The van der Waals surface area contributed by atoms with E-state index >= 15 is 0 Å². The monoisotopic (exact) mass is 239 g/mol. The highest BCUT2D eigenvalue weighted by Crippen LogP contribution is 2.20. The molecule has 1 aromatic rings. The molecule has 2 atom stereocenters. The average molecular weight is 239 g/mol. The number of rotatable bonds is 3. The second kappa shape index (κ2) is 4.54. The van der Waals surface area contributed by atoms with Crippen LogP contribution in [0.25, 0.3) is 0 Å². The molecule has 1 amide bonds. The number of nitrogens with zero attached hydrogens (tertiary/aromatic N) is 1. The number of amides is 1. The fraction of sp³-hybridized carbons (Fsp3) is 0.500. The first-order valence-corrected chi connectivity index (χ1v) is 5.27. The van der Waals surface area contributed by atoms with Crippen LogP contribution >= 0.6 is 0 Å². The lowest BCUT2D eigenvalue weighted by Crippen LogP contribution is -2.23. The van der Waals surface area contributed by atoms with Crippen molar-refractivity contribution in [2.75, 3.05) is 11.9 Å². The highest BCUT2D eigenvalue weighted by atomic mass is 16.5. The van der Waals surface area contributed by atoms with Gasteiger partial charge in [0.25, 0.3) is 0 Å². The topological polar surface area (TPSA) is 104 Å². The van der Waals surface area contributed by atoms with Crippen molar-refractivity contribution in [1.82, 2.24) is 10.2 Å². The summed E-state index contributed by atoms with van der Waals surface area (Å²) >= 11 is 0. The maximum Gasteiger partial charge on any atom is 0.353 e. The molecule has 0 aromatic carbocycles. The zero-order chi connectivity index (χ0) is 12.4. The van der Waals surface area contributed by atoms with E-state index in [0.29, 0.717) is 13.0 Å². The van der Waals surface area contributed by atoms with Crippen LogP contribution in [0.2, 0.25) is 0 Å². The molecule has 0 bridgehead atoms. The third-order valence-corrected chi connectivity index (χ3v) is 2.63. The normalized spacial score (nSPS) is 23.6. The van der Waals surface area contributed by atoms with Crippen LogP contribution in [0.5, 0.6) is 0 Å². The maximum absolute atomic E-state index is 11.7. The Morgan fingerprint density at radius 1 is 1.65 bits per heavy atom. The van der Waals surface area contributed by atoms with Crippen molar-refractivity contribution < 1.29 is 19.4 Å². The smallest absolute Gasteiger partial charge is 0.353 e. The van der Waals surface area contributed by atoms with Gasteiger partial charge in [-0.05, 0) is 13.3 Å². The Morgan fingerprint density at radius 2 is 2.41 bits per heavy atom. The molecule has 0 radical (unpaired) electrons. The lowest BCUT2D eigenvalue weighted by Gasteiger charge is -2.06. The van der Waals surface area contributed by atoms with E-state index in [9.17, 15) is 9.59 Å². The predicted octanol–water partition coefficient (Wildman–Crippen LogP) is 0.471. The summed E-state index contributed by atoms with van der Waals surface area (Å²) in [6, 6.07) is 1.28. The first kappa shape index (κ1) is 11.6. The quantitative estimate of drug-likeness (QED) is 0.711. The van der Waals surface area contributed by atoms with Crippen molar-refractivity contribution in [3.8, 4) is 0 Å². The largest absolute Gasteiger partial charge is 0.477 e. The fourth-order valence-electron chi connectivity index (χ4n) is 1.72. The van der Waals surface area contributed by atoms with E-state index in [0.717, 1.165) is 0 Å². The number of carboxylic acids is 1. The zero-order valence-electron chi connectivity index (χ0n) is 9.27. The molecule has 1 aliphatic heterocycles. The summed E-state index contributed by atoms with van der Waals surface area (Å²) in [5, 5.41) is 17.2. The van der Waals surface area contributed by atoms with Gasteiger partial charge in [0.15, 0.2) is 5.82 Å². The van der Waals surface area contributed by atoms with Crippen LogP contribution in [0.3, 0.4) is 0 Å².